The van der Waals surface area contributed by atoms with Gasteiger partial charge in [0.2, 0.25) is 0 Å². The molecule has 7 heteroatoms. The summed E-state index contributed by atoms with van der Waals surface area (Å²) in [6, 6.07) is 4.57. The maximum absolute atomic E-state index is 11.9. The number of carbonyl (C=O) groups is 1. The molecule has 0 spiro atoms. The van der Waals surface area contributed by atoms with Crippen molar-refractivity contribution in [3.8, 4) is 0 Å². The highest BCUT2D eigenvalue weighted by molar-refractivity contribution is 8.00. The van der Waals surface area contributed by atoms with E-state index < -0.39 is 4.92 Å². The van der Waals surface area contributed by atoms with Gasteiger partial charge >= 0.3 is 0 Å². The molecule has 0 aliphatic heterocycles. The highest BCUT2D eigenvalue weighted by atomic mass is 32.2. The number of nitrogens with zero attached hydrogens (tertiary/aromatic N) is 2. The highest BCUT2D eigenvalue weighted by Crippen LogP contribution is 2.47. The minimum Gasteiger partial charge on any atom is -0.378 e. The molecule has 0 bridgehead atoms. The second-order valence-corrected chi connectivity index (χ2v) is 6.70. The van der Waals surface area contributed by atoms with E-state index in [1.165, 1.54) is 11.0 Å². The molecule has 1 amide bonds. The number of anilines is 1. The van der Waals surface area contributed by atoms with Crippen molar-refractivity contribution in [2.24, 2.45) is 0 Å². The van der Waals surface area contributed by atoms with Crippen molar-refractivity contribution < 1.29 is 9.72 Å². The SMILES string of the molecule is CSC1(CNc2ccc(C(=O)N(C)C)cc2[N+](=O)[O-])CC1. The number of hydrogen-bond donors (Lipinski definition) is 1. The Balaban J connectivity index is 2.21. The van der Waals surface area contributed by atoms with Gasteiger partial charge in [0, 0.05) is 37.0 Å². The number of amides is 1. The second-order valence-electron chi connectivity index (χ2n) is 5.43. The van der Waals surface area contributed by atoms with Gasteiger partial charge < -0.3 is 10.2 Å². The summed E-state index contributed by atoms with van der Waals surface area (Å²) in [5, 5.41) is 14.4. The number of nitro groups is 1. The smallest absolute Gasteiger partial charge is 0.293 e. The van der Waals surface area contributed by atoms with E-state index in [0.29, 0.717) is 17.8 Å². The fourth-order valence-corrected chi connectivity index (χ4v) is 2.80. The number of rotatable bonds is 6. The van der Waals surface area contributed by atoms with Crippen LogP contribution in [0.25, 0.3) is 0 Å². The summed E-state index contributed by atoms with van der Waals surface area (Å²) in [4.78, 5) is 24.0. The molecule has 1 aromatic carbocycles. The zero-order valence-corrected chi connectivity index (χ0v) is 13.2. The van der Waals surface area contributed by atoms with Crippen LogP contribution in [0.2, 0.25) is 0 Å². The third kappa shape index (κ3) is 3.47. The van der Waals surface area contributed by atoms with Gasteiger partial charge in [-0.05, 0) is 31.2 Å². The van der Waals surface area contributed by atoms with Crippen LogP contribution in [0.15, 0.2) is 18.2 Å². The van der Waals surface area contributed by atoms with Crippen molar-refractivity contribution in [2.75, 3.05) is 32.2 Å². The molecule has 0 atom stereocenters. The zero-order valence-electron chi connectivity index (χ0n) is 12.4. The minimum absolute atomic E-state index is 0.0559. The molecule has 0 aromatic heterocycles. The average Bonchev–Trinajstić information content (AvgIpc) is 3.24. The lowest BCUT2D eigenvalue weighted by molar-refractivity contribution is -0.384. The van der Waals surface area contributed by atoms with Crippen LogP contribution in [0.3, 0.4) is 0 Å². The van der Waals surface area contributed by atoms with E-state index >= 15 is 0 Å². The maximum atomic E-state index is 11.9. The first-order chi connectivity index (χ1) is 9.88. The van der Waals surface area contributed by atoms with Gasteiger partial charge in [-0.2, -0.15) is 11.8 Å². The van der Waals surface area contributed by atoms with E-state index in [4.69, 9.17) is 0 Å². The van der Waals surface area contributed by atoms with E-state index in [9.17, 15) is 14.9 Å². The molecule has 1 N–H and O–H groups in total. The van der Waals surface area contributed by atoms with Crippen LogP contribution in [-0.4, -0.2) is 47.4 Å². The average molecular weight is 309 g/mol. The van der Waals surface area contributed by atoms with Crippen LogP contribution in [-0.2, 0) is 0 Å². The van der Waals surface area contributed by atoms with Crippen LogP contribution in [0.1, 0.15) is 23.2 Å². The fraction of sp³-hybridized carbons (Fsp3) is 0.500. The predicted octanol–water partition coefficient (Wildman–Crippen LogP) is 2.60. The highest BCUT2D eigenvalue weighted by Gasteiger charge is 2.41. The number of thioether (sulfide) groups is 1. The third-order valence-electron chi connectivity index (χ3n) is 3.69. The summed E-state index contributed by atoms with van der Waals surface area (Å²) in [5.74, 6) is -0.243. The summed E-state index contributed by atoms with van der Waals surface area (Å²) in [6.07, 6.45) is 4.32. The Morgan fingerprint density at radius 3 is 2.62 bits per heavy atom. The summed E-state index contributed by atoms with van der Waals surface area (Å²) < 4.78 is 0.214. The van der Waals surface area contributed by atoms with Crippen molar-refractivity contribution in [2.45, 2.75) is 17.6 Å². The van der Waals surface area contributed by atoms with Gasteiger partial charge in [-0.1, -0.05) is 0 Å². The van der Waals surface area contributed by atoms with Crippen LogP contribution in [0.4, 0.5) is 11.4 Å². The Labute approximate surface area is 128 Å². The molecule has 21 heavy (non-hydrogen) atoms. The molecule has 1 fully saturated rings. The van der Waals surface area contributed by atoms with E-state index in [2.05, 4.69) is 11.6 Å². The van der Waals surface area contributed by atoms with Crippen molar-refractivity contribution >= 4 is 29.0 Å². The van der Waals surface area contributed by atoms with E-state index in [1.807, 2.05) is 0 Å². The molecular formula is C14H19N3O3S. The van der Waals surface area contributed by atoms with Crippen LogP contribution in [0.5, 0.6) is 0 Å². The predicted molar refractivity (Wildman–Crippen MR) is 85.1 cm³/mol. The molecule has 6 nitrogen and oxygen atoms in total. The summed E-state index contributed by atoms with van der Waals surface area (Å²) >= 11 is 1.79. The van der Waals surface area contributed by atoms with Gasteiger partial charge in [-0.3, -0.25) is 14.9 Å². The number of carbonyl (C=O) groups excluding carboxylic acids is 1. The monoisotopic (exact) mass is 309 g/mol. The first-order valence-corrected chi connectivity index (χ1v) is 7.90. The lowest BCUT2D eigenvalue weighted by Crippen LogP contribution is -2.22. The lowest BCUT2D eigenvalue weighted by Gasteiger charge is -2.15. The van der Waals surface area contributed by atoms with Gasteiger partial charge in [0.1, 0.15) is 5.69 Å². The van der Waals surface area contributed by atoms with Crippen molar-refractivity contribution in [1.29, 1.82) is 0 Å². The summed E-state index contributed by atoms with van der Waals surface area (Å²) in [6.45, 7) is 0.704. The third-order valence-corrected chi connectivity index (χ3v) is 5.11. The first-order valence-electron chi connectivity index (χ1n) is 6.68. The summed E-state index contributed by atoms with van der Waals surface area (Å²) in [5.41, 5.74) is 0.735. The molecule has 0 radical (unpaired) electrons. The van der Waals surface area contributed by atoms with Crippen molar-refractivity contribution in [3.63, 3.8) is 0 Å². The van der Waals surface area contributed by atoms with Gasteiger partial charge in [-0.15, -0.1) is 0 Å². The molecular weight excluding hydrogens is 290 g/mol. The van der Waals surface area contributed by atoms with Gasteiger partial charge in [-0.25, -0.2) is 0 Å². The Kier molecular flexibility index (Phi) is 4.41. The van der Waals surface area contributed by atoms with Crippen LogP contribution in [0, 0.1) is 10.1 Å². The Morgan fingerprint density at radius 2 is 2.14 bits per heavy atom. The van der Waals surface area contributed by atoms with Crippen LogP contribution < -0.4 is 5.32 Å². The maximum Gasteiger partial charge on any atom is 0.293 e. The molecule has 1 aromatic rings. The van der Waals surface area contributed by atoms with Gasteiger partial charge in [0.15, 0.2) is 0 Å². The quantitative estimate of drug-likeness (QED) is 0.646. The fourth-order valence-electron chi connectivity index (χ4n) is 2.07. The summed E-state index contributed by atoms with van der Waals surface area (Å²) in [7, 11) is 3.24. The minimum atomic E-state index is -0.451. The van der Waals surface area contributed by atoms with Crippen molar-refractivity contribution in [1.82, 2.24) is 4.90 Å². The lowest BCUT2D eigenvalue weighted by atomic mass is 10.1. The van der Waals surface area contributed by atoms with Gasteiger partial charge in [0.25, 0.3) is 11.6 Å². The molecule has 1 aliphatic carbocycles. The molecule has 1 saturated carbocycles. The topological polar surface area (TPSA) is 75.5 Å². The molecule has 114 valence electrons. The van der Waals surface area contributed by atoms with E-state index in [1.54, 1.807) is 38.0 Å². The molecule has 2 rings (SSSR count). The van der Waals surface area contributed by atoms with E-state index in [0.717, 1.165) is 12.8 Å². The molecule has 0 heterocycles. The Hall–Kier alpha value is -1.76. The van der Waals surface area contributed by atoms with Crippen molar-refractivity contribution in [3.05, 3.63) is 33.9 Å². The van der Waals surface area contributed by atoms with Crippen LogP contribution >= 0.6 is 11.8 Å². The number of benzene rings is 1. The number of hydrogen-bond acceptors (Lipinski definition) is 5. The normalized spacial score (nSPS) is 15.4. The number of nitrogens with one attached hydrogen (secondary N) is 1. The second kappa shape index (κ2) is 5.93. The molecule has 0 saturated heterocycles. The Bertz CT molecular complexity index is 571. The zero-order chi connectivity index (χ0) is 15.6. The number of nitro benzene ring substituents is 1. The molecule has 0 unspecified atom stereocenters. The molecule has 1 aliphatic rings. The van der Waals surface area contributed by atoms with E-state index in [-0.39, 0.29) is 16.3 Å². The standard InChI is InChI=1S/C14H19N3O3S/c1-16(2)13(18)10-4-5-11(12(8-10)17(19)20)15-9-14(21-3)6-7-14/h4-5,8,15H,6-7,9H2,1-3H3. The Morgan fingerprint density at radius 1 is 1.48 bits per heavy atom. The first kappa shape index (κ1) is 15.6. The van der Waals surface area contributed by atoms with Gasteiger partial charge in [0.05, 0.1) is 4.92 Å². The largest absolute Gasteiger partial charge is 0.378 e.